The van der Waals surface area contributed by atoms with Gasteiger partial charge in [0.15, 0.2) is 0 Å². The molecule has 0 aromatic carbocycles. The van der Waals surface area contributed by atoms with Crippen molar-refractivity contribution in [3.05, 3.63) is 0 Å². The molecule has 3 nitrogen and oxygen atoms in total. The minimum atomic E-state index is -1.06. The van der Waals surface area contributed by atoms with E-state index < -0.39 is 10.2 Å². The molecule has 0 aliphatic carbocycles. The van der Waals surface area contributed by atoms with Crippen LogP contribution in [0.2, 0.25) is 4.22 Å². The molecule has 4 heteroatoms. The Kier molecular flexibility index (Phi) is 2.94. The number of ketones is 1. The molecule has 43 valence electrons. The fraction of sp³-hybridized carbons (Fsp3) is 0.500. The van der Waals surface area contributed by atoms with Crippen molar-refractivity contribution in [2.45, 2.75) is 11.1 Å². The Balaban J connectivity index is 3.83. The predicted octanol–water partition coefficient (Wildman–Crippen LogP) is -0.00470. The van der Waals surface area contributed by atoms with E-state index in [0.29, 0.717) is 0 Å². The molecule has 0 aliphatic heterocycles. The topological polar surface area (TPSA) is 54.4 Å². The number of carbonyl (C=O) groups is 2. The van der Waals surface area contributed by atoms with Crippen molar-refractivity contribution in [1.29, 1.82) is 0 Å². The Labute approximate surface area is 58.5 Å². The third-order valence-corrected chi connectivity index (χ3v) is 1.67. The van der Waals surface area contributed by atoms with Crippen molar-refractivity contribution in [2.75, 3.05) is 0 Å². The number of Topliss-reactive ketones (excluding diaryl/α,β-unsaturated/α-hetero) is 1. The number of carboxylic acid groups (broad SMARTS) is 1. The van der Waals surface area contributed by atoms with Gasteiger partial charge in [0.05, 0.1) is 0 Å². The van der Waals surface area contributed by atoms with Gasteiger partial charge in [-0.25, -0.2) is 0 Å². The van der Waals surface area contributed by atoms with E-state index in [9.17, 15) is 9.59 Å². The van der Waals surface area contributed by atoms with Crippen molar-refractivity contribution >= 4 is 11.8 Å². The number of rotatable bonds is 2. The van der Waals surface area contributed by atoms with Gasteiger partial charge in [0, 0.05) is 0 Å². The van der Waals surface area contributed by atoms with Gasteiger partial charge < -0.3 is 0 Å². The second-order valence-corrected chi connectivity index (χ2v) is 2.28. The number of carboxylic acids is 1. The molecule has 0 radical (unpaired) electrons. The molecule has 0 bridgehead atoms. The van der Waals surface area contributed by atoms with Crippen LogP contribution in [0.5, 0.6) is 0 Å². The Bertz CT molecular complexity index is 106. The molecule has 0 fully saturated rings. The summed E-state index contributed by atoms with van der Waals surface area (Å²) in [6.45, 7) is 1.26. The Morgan fingerprint density at radius 1 is 1.62 bits per heavy atom. The van der Waals surface area contributed by atoms with Gasteiger partial charge in [0.1, 0.15) is 0 Å². The SMILES string of the molecule is CC(=O)[CH]([Ti])C(=O)O. The molecular formula is C4H5O3Ti. The second-order valence-electron chi connectivity index (χ2n) is 1.38. The van der Waals surface area contributed by atoms with Crippen LogP contribution in [-0.2, 0) is 30.0 Å². The first kappa shape index (κ1) is 7.85. The van der Waals surface area contributed by atoms with Gasteiger partial charge in [-0.15, -0.1) is 0 Å². The number of carbonyl (C=O) groups excluding carboxylic acids is 1. The van der Waals surface area contributed by atoms with Crippen molar-refractivity contribution in [3.8, 4) is 0 Å². The van der Waals surface area contributed by atoms with Gasteiger partial charge in [-0.1, -0.05) is 0 Å². The fourth-order valence-corrected chi connectivity index (χ4v) is 0.174. The van der Waals surface area contributed by atoms with E-state index in [4.69, 9.17) is 5.11 Å². The summed E-state index contributed by atoms with van der Waals surface area (Å²) in [5.41, 5.74) is 0. The standard InChI is InChI=1S/C4H5O3.Ti/c1-3(5)2-4(6)7;/h2H,1H3,(H,6,7);. The number of aliphatic carboxylic acids is 1. The third kappa shape index (κ3) is 2.24. The molecule has 0 amide bonds. The molecule has 1 atom stereocenters. The van der Waals surface area contributed by atoms with E-state index >= 15 is 0 Å². The van der Waals surface area contributed by atoms with Gasteiger partial charge >= 0.3 is 58.0 Å². The zero-order chi connectivity index (χ0) is 6.73. The van der Waals surface area contributed by atoms with Gasteiger partial charge in [-0.05, 0) is 0 Å². The van der Waals surface area contributed by atoms with Crippen molar-refractivity contribution < 1.29 is 35.1 Å². The van der Waals surface area contributed by atoms with E-state index in [0.717, 1.165) is 0 Å². The summed E-state index contributed by atoms with van der Waals surface area (Å²) in [4.78, 5) is 20.1. The monoisotopic (exact) mass is 149 g/mol. The van der Waals surface area contributed by atoms with E-state index in [2.05, 4.69) is 0 Å². The molecule has 1 unspecified atom stereocenters. The molecular weight excluding hydrogens is 144 g/mol. The first-order chi connectivity index (χ1) is 3.55. The molecule has 1 N–H and O–H groups in total. The third-order valence-electron chi connectivity index (χ3n) is 0.653. The van der Waals surface area contributed by atoms with Gasteiger partial charge in [-0.2, -0.15) is 0 Å². The second kappa shape index (κ2) is 3.00. The van der Waals surface area contributed by atoms with Crippen LogP contribution in [0.1, 0.15) is 6.92 Å². The summed E-state index contributed by atoms with van der Waals surface area (Å²) in [6.07, 6.45) is 0. The van der Waals surface area contributed by atoms with Crippen molar-refractivity contribution in [1.82, 2.24) is 0 Å². The summed E-state index contributed by atoms with van der Waals surface area (Å²) in [5, 5.41) is 8.13. The molecule has 0 aromatic heterocycles. The van der Waals surface area contributed by atoms with Crippen LogP contribution >= 0.6 is 0 Å². The van der Waals surface area contributed by atoms with E-state index in [1.165, 1.54) is 27.4 Å². The average molecular weight is 149 g/mol. The zero-order valence-electron chi connectivity index (χ0n) is 4.34. The molecule has 0 saturated heterocycles. The Hall–Kier alpha value is -0.146. The summed E-state index contributed by atoms with van der Waals surface area (Å²) in [7, 11) is 0. The van der Waals surface area contributed by atoms with Crippen LogP contribution in [0.25, 0.3) is 0 Å². The normalized spacial score (nSPS) is 12.5. The van der Waals surface area contributed by atoms with Crippen molar-refractivity contribution in [3.63, 3.8) is 0 Å². The molecule has 0 spiro atoms. The number of hydrogen-bond acceptors (Lipinski definition) is 2. The van der Waals surface area contributed by atoms with Crippen LogP contribution in [0.15, 0.2) is 0 Å². The summed E-state index contributed by atoms with van der Waals surface area (Å²) in [5.74, 6) is -1.37. The zero-order valence-corrected chi connectivity index (χ0v) is 5.90. The maximum atomic E-state index is 10.2. The fourth-order valence-electron chi connectivity index (χ4n) is 0.174. The molecule has 0 saturated carbocycles. The summed E-state index contributed by atoms with van der Waals surface area (Å²) >= 11 is 1.37. The summed E-state index contributed by atoms with van der Waals surface area (Å²) < 4.78 is -0.852. The first-order valence-corrected chi connectivity index (χ1v) is 2.90. The van der Waals surface area contributed by atoms with Gasteiger partial charge in [0.2, 0.25) is 0 Å². The predicted molar refractivity (Wildman–Crippen MR) is 22.1 cm³/mol. The van der Waals surface area contributed by atoms with E-state index in [1.807, 2.05) is 0 Å². The Morgan fingerprint density at radius 2 is 2.00 bits per heavy atom. The van der Waals surface area contributed by atoms with Crippen LogP contribution in [0, 0.1) is 0 Å². The first-order valence-electron chi connectivity index (χ1n) is 2.00. The average Bonchev–Trinajstić information content (AvgIpc) is 1.64. The maximum absolute atomic E-state index is 10.2. The quantitative estimate of drug-likeness (QED) is 0.443. The molecule has 8 heavy (non-hydrogen) atoms. The molecule has 0 aromatic rings. The van der Waals surface area contributed by atoms with Crippen LogP contribution in [-0.4, -0.2) is 16.9 Å². The Morgan fingerprint density at radius 3 is 2.00 bits per heavy atom. The molecule has 0 heterocycles. The van der Waals surface area contributed by atoms with E-state index in [-0.39, 0.29) is 5.78 Å². The number of hydrogen-bond donors (Lipinski definition) is 1. The van der Waals surface area contributed by atoms with Crippen LogP contribution in [0.3, 0.4) is 0 Å². The summed E-state index contributed by atoms with van der Waals surface area (Å²) in [6, 6.07) is 0. The molecule has 0 rings (SSSR count). The molecule has 0 aliphatic rings. The van der Waals surface area contributed by atoms with Gasteiger partial charge in [0.25, 0.3) is 0 Å². The van der Waals surface area contributed by atoms with Crippen molar-refractivity contribution in [2.24, 2.45) is 0 Å². The minimum absolute atomic E-state index is 0.308. The van der Waals surface area contributed by atoms with Gasteiger partial charge in [-0.3, -0.25) is 0 Å². The van der Waals surface area contributed by atoms with E-state index in [1.54, 1.807) is 0 Å². The van der Waals surface area contributed by atoms with Crippen LogP contribution in [0.4, 0.5) is 0 Å². The van der Waals surface area contributed by atoms with Crippen LogP contribution < -0.4 is 0 Å².